The van der Waals surface area contributed by atoms with Crippen molar-refractivity contribution in [3.8, 4) is 0 Å². The zero-order chi connectivity index (χ0) is 21.1. The van der Waals surface area contributed by atoms with Gasteiger partial charge in [0.25, 0.3) is 0 Å². The van der Waals surface area contributed by atoms with Crippen LogP contribution in [0.15, 0.2) is 47.1 Å². The molecule has 0 unspecified atom stereocenters. The average molecular weight is 410 g/mol. The van der Waals surface area contributed by atoms with Crippen LogP contribution < -0.4 is 16.0 Å². The Bertz CT molecular complexity index is 919. The van der Waals surface area contributed by atoms with Crippen LogP contribution in [0.4, 0.5) is 5.69 Å². The molecule has 3 N–H and O–H groups in total. The minimum absolute atomic E-state index is 0.207. The summed E-state index contributed by atoms with van der Waals surface area (Å²) in [5.74, 6) is -1.05. The lowest BCUT2D eigenvalue weighted by Crippen LogP contribution is -2.49. The van der Waals surface area contributed by atoms with E-state index in [1.54, 1.807) is 6.26 Å². The van der Waals surface area contributed by atoms with Gasteiger partial charge in [-0.1, -0.05) is 18.2 Å². The minimum Gasteiger partial charge on any atom is -0.467 e. The number of amides is 3. The largest absolute Gasteiger partial charge is 0.467 e. The number of fused-ring (bicyclic) bond motifs is 1. The fourth-order valence-electron chi connectivity index (χ4n) is 4.31. The van der Waals surface area contributed by atoms with Crippen molar-refractivity contribution < 1.29 is 18.8 Å². The molecule has 1 fully saturated rings. The molecule has 1 aromatic heterocycles. The van der Waals surface area contributed by atoms with Gasteiger partial charge in [-0.15, -0.1) is 0 Å². The van der Waals surface area contributed by atoms with Gasteiger partial charge in [-0.25, -0.2) is 0 Å². The Kier molecular flexibility index (Phi) is 5.74. The summed E-state index contributed by atoms with van der Waals surface area (Å²) >= 11 is 0. The first-order valence-electron chi connectivity index (χ1n) is 10.3. The van der Waals surface area contributed by atoms with E-state index in [9.17, 15) is 14.4 Å². The number of nitrogens with one attached hydrogen (secondary N) is 1. The molecular formula is C22H26N4O4. The normalized spacial score (nSPS) is 17.5. The molecule has 2 aliphatic heterocycles. The molecule has 0 aliphatic carbocycles. The molecule has 0 spiro atoms. The Morgan fingerprint density at radius 1 is 1.10 bits per heavy atom. The lowest BCUT2D eigenvalue weighted by molar-refractivity contribution is -0.147. The number of likely N-dealkylation sites (tertiary alicyclic amines) is 1. The maximum atomic E-state index is 12.6. The van der Waals surface area contributed by atoms with Crippen molar-refractivity contribution in [2.75, 3.05) is 31.1 Å². The summed E-state index contributed by atoms with van der Waals surface area (Å²) in [5.41, 5.74) is 7.71. The topological polar surface area (TPSA) is 109 Å². The fraction of sp³-hybridized carbons (Fsp3) is 0.409. The van der Waals surface area contributed by atoms with Crippen molar-refractivity contribution in [2.24, 2.45) is 11.7 Å². The van der Waals surface area contributed by atoms with Crippen LogP contribution in [0.25, 0.3) is 0 Å². The number of primary amides is 1. The van der Waals surface area contributed by atoms with Crippen molar-refractivity contribution in [3.63, 3.8) is 0 Å². The smallest absolute Gasteiger partial charge is 0.311 e. The summed E-state index contributed by atoms with van der Waals surface area (Å²) < 4.78 is 5.63. The first-order valence-corrected chi connectivity index (χ1v) is 10.3. The molecule has 158 valence electrons. The molecule has 8 nitrogen and oxygen atoms in total. The number of para-hydroxylation sites is 1. The maximum Gasteiger partial charge on any atom is 0.311 e. The molecule has 30 heavy (non-hydrogen) atoms. The van der Waals surface area contributed by atoms with Gasteiger partial charge >= 0.3 is 11.8 Å². The van der Waals surface area contributed by atoms with Crippen LogP contribution in [0.2, 0.25) is 0 Å². The van der Waals surface area contributed by atoms with E-state index >= 15 is 0 Å². The van der Waals surface area contributed by atoms with E-state index in [0.717, 1.165) is 24.4 Å². The van der Waals surface area contributed by atoms with Crippen molar-refractivity contribution in [1.82, 2.24) is 10.2 Å². The SMILES string of the molecule is NC(=O)C1CCN(C(=O)C(=O)NC[C@H](c2ccco2)N2CCc3ccccc32)CC1. The van der Waals surface area contributed by atoms with Gasteiger partial charge in [0, 0.05) is 37.8 Å². The molecule has 1 atom stereocenters. The predicted octanol–water partition coefficient (Wildman–Crippen LogP) is 1.22. The van der Waals surface area contributed by atoms with E-state index in [2.05, 4.69) is 22.3 Å². The highest BCUT2D eigenvalue weighted by molar-refractivity contribution is 6.35. The number of nitrogens with two attached hydrogens (primary N) is 1. The van der Waals surface area contributed by atoms with Gasteiger partial charge in [-0.05, 0) is 43.0 Å². The lowest BCUT2D eigenvalue weighted by atomic mass is 9.96. The third-order valence-electron chi connectivity index (χ3n) is 6.01. The third kappa shape index (κ3) is 4.03. The number of carbonyl (C=O) groups excluding carboxylic acids is 3. The van der Waals surface area contributed by atoms with Crippen LogP contribution >= 0.6 is 0 Å². The van der Waals surface area contributed by atoms with Crippen LogP contribution in [0.3, 0.4) is 0 Å². The number of nitrogens with zero attached hydrogens (tertiary/aromatic N) is 2. The third-order valence-corrected chi connectivity index (χ3v) is 6.01. The summed E-state index contributed by atoms with van der Waals surface area (Å²) in [6, 6.07) is 11.7. The number of hydrogen-bond donors (Lipinski definition) is 2. The molecule has 0 bridgehead atoms. The van der Waals surface area contributed by atoms with E-state index < -0.39 is 11.8 Å². The fourth-order valence-corrected chi connectivity index (χ4v) is 4.31. The van der Waals surface area contributed by atoms with Gasteiger partial charge in [0.1, 0.15) is 11.8 Å². The quantitative estimate of drug-likeness (QED) is 0.721. The van der Waals surface area contributed by atoms with Gasteiger partial charge in [0.05, 0.1) is 6.26 Å². The molecule has 8 heteroatoms. The Hall–Kier alpha value is -3.29. The van der Waals surface area contributed by atoms with E-state index in [-0.39, 0.29) is 24.4 Å². The Morgan fingerprint density at radius 3 is 2.57 bits per heavy atom. The Morgan fingerprint density at radius 2 is 1.87 bits per heavy atom. The van der Waals surface area contributed by atoms with Crippen LogP contribution in [0, 0.1) is 5.92 Å². The second-order valence-corrected chi connectivity index (χ2v) is 7.78. The molecule has 1 aromatic carbocycles. The van der Waals surface area contributed by atoms with Crippen molar-refractivity contribution in [1.29, 1.82) is 0 Å². The standard InChI is InChI=1S/C22H26N4O4/c23-20(27)16-7-10-25(11-8-16)22(29)21(28)24-14-18(19-6-3-13-30-19)26-12-9-15-4-1-2-5-17(15)26/h1-6,13,16,18H,7-12,14H2,(H2,23,27)(H,24,28)/t18-/m1/s1. The predicted molar refractivity (Wildman–Crippen MR) is 110 cm³/mol. The Balaban J connectivity index is 1.40. The second kappa shape index (κ2) is 8.61. The van der Waals surface area contributed by atoms with Crippen LogP contribution in [0.5, 0.6) is 0 Å². The van der Waals surface area contributed by atoms with E-state index in [1.807, 2.05) is 24.3 Å². The van der Waals surface area contributed by atoms with Crippen molar-refractivity contribution >= 4 is 23.4 Å². The minimum atomic E-state index is -0.642. The number of furan rings is 1. The van der Waals surface area contributed by atoms with Crippen molar-refractivity contribution in [2.45, 2.75) is 25.3 Å². The summed E-state index contributed by atoms with van der Waals surface area (Å²) in [6.07, 6.45) is 3.52. The van der Waals surface area contributed by atoms with Gasteiger partial charge in [0.2, 0.25) is 5.91 Å². The van der Waals surface area contributed by atoms with E-state index in [0.29, 0.717) is 25.9 Å². The molecule has 0 radical (unpaired) electrons. The molecule has 3 heterocycles. The zero-order valence-corrected chi connectivity index (χ0v) is 16.8. The highest BCUT2D eigenvalue weighted by Gasteiger charge is 2.32. The lowest BCUT2D eigenvalue weighted by Gasteiger charge is -2.31. The zero-order valence-electron chi connectivity index (χ0n) is 16.8. The molecular weight excluding hydrogens is 384 g/mol. The van der Waals surface area contributed by atoms with Gasteiger partial charge in [-0.3, -0.25) is 14.4 Å². The summed E-state index contributed by atoms with van der Waals surface area (Å²) in [4.78, 5) is 40.1. The van der Waals surface area contributed by atoms with Gasteiger partial charge in [0.15, 0.2) is 0 Å². The van der Waals surface area contributed by atoms with Crippen molar-refractivity contribution in [3.05, 3.63) is 54.0 Å². The molecule has 0 saturated carbocycles. The van der Waals surface area contributed by atoms with E-state index in [1.165, 1.54) is 10.5 Å². The highest BCUT2D eigenvalue weighted by Crippen LogP contribution is 2.34. The first kappa shape index (κ1) is 20.0. The monoisotopic (exact) mass is 410 g/mol. The van der Waals surface area contributed by atoms with E-state index in [4.69, 9.17) is 10.2 Å². The summed E-state index contributed by atoms with van der Waals surface area (Å²) in [5, 5.41) is 2.79. The Labute approximate surface area is 175 Å². The molecule has 4 rings (SSSR count). The number of rotatable bonds is 5. The summed E-state index contributed by atoms with van der Waals surface area (Å²) in [6.45, 7) is 1.79. The molecule has 2 aromatic rings. The molecule has 1 saturated heterocycles. The van der Waals surface area contributed by atoms with Crippen LogP contribution in [0.1, 0.15) is 30.2 Å². The molecule has 2 aliphatic rings. The van der Waals surface area contributed by atoms with Gasteiger partial charge < -0.3 is 25.3 Å². The first-order chi connectivity index (χ1) is 14.5. The second-order valence-electron chi connectivity index (χ2n) is 7.78. The maximum absolute atomic E-state index is 12.6. The molecule has 3 amide bonds. The highest BCUT2D eigenvalue weighted by atomic mass is 16.3. The van der Waals surface area contributed by atoms with Crippen LogP contribution in [-0.2, 0) is 20.8 Å². The number of hydrogen-bond acceptors (Lipinski definition) is 5. The number of piperidine rings is 1. The van der Waals surface area contributed by atoms with Gasteiger partial charge in [-0.2, -0.15) is 0 Å². The average Bonchev–Trinajstić information content (AvgIpc) is 3.44. The number of anilines is 1. The summed E-state index contributed by atoms with van der Waals surface area (Å²) in [7, 11) is 0. The van der Waals surface area contributed by atoms with Crippen LogP contribution in [-0.4, -0.2) is 48.8 Å². The number of benzene rings is 1. The number of carbonyl (C=O) groups is 3.